The first-order chi connectivity index (χ1) is 12.6. The molecule has 0 saturated heterocycles. The zero-order valence-electron chi connectivity index (χ0n) is 13.7. The molecule has 0 bridgehead atoms. The summed E-state index contributed by atoms with van der Waals surface area (Å²) in [6.45, 7) is 2.18. The monoisotopic (exact) mass is 387 g/mol. The Morgan fingerprint density at radius 3 is 2.85 bits per heavy atom. The highest BCUT2D eigenvalue weighted by Gasteiger charge is 2.17. The first-order valence-electron chi connectivity index (χ1n) is 7.79. The predicted octanol–water partition coefficient (Wildman–Crippen LogP) is 5.14. The molecule has 0 fully saturated rings. The van der Waals surface area contributed by atoms with E-state index >= 15 is 0 Å². The second-order valence-corrected chi connectivity index (χ2v) is 7.22. The number of carbonyl (C=O) groups excluding carboxylic acids is 1. The molecule has 26 heavy (non-hydrogen) atoms. The highest BCUT2D eigenvalue weighted by molar-refractivity contribution is 7.16. The number of rotatable bonds is 3. The molecule has 2 heterocycles. The standard InChI is InChI=1S/C18H14ClN3O3S/c1-10-16(11-5-6-14-15(7-11)25-9-24-14)21-18(26-10)22-17(23)20-13-4-2-3-12(19)8-13/h2-8H,9H2,1H3,(H2,20,21,22,23). The Labute approximate surface area is 158 Å². The summed E-state index contributed by atoms with van der Waals surface area (Å²) in [6, 6.07) is 12.2. The van der Waals surface area contributed by atoms with E-state index in [0.29, 0.717) is 21.6 Å². The van der Waals surface area contributed by atoms with Gasteiger partial charge in [0, 0.05) is 21.2 Å². The van der Waals surface area contributed by atoms with E-state index < -0.39 is 0 Å². The number of aromatic nitrogens is 1. The maximum absolute atomic E-state index is 12.2. The Morgan fingerprint density at radius 1 is 1.15 bits per heavy atom. The molecule has 4 rings (SSSR count). The van der Waals surface area contributed by atoms with Crippen LogP contribution in [0.1, 0.15) is 4.88 Å². The fourth-order valence-electron chi connectivity index (χ4n) is 2.59. The van der Waals surface area contributed by atoms with Crippen molar-refractivity contribution >= 4 is 39.8 Å². The van der Waals surface area contributed by atoms with Gasteiger partial charge in [0.2, 0.25) is 6.79 Å². The Hall–Kier alpha value is -2.77. The second-order valence-electron chi connectivity index (χ2n) is 5.58. The number of carbonyl (C=O) groups is 1. The molecular formula is C18H14ClN3O3S. The van der Waals surface area contributed by atoms with Crippen molar-refractivity contribution in [1.82, 2.24) is 4.98 Å². The number of nitrogens with zero attached hydrogens (tertiary/aromatic N) is 1. The number of nitrogens with one attached hydrogen (secondary N) is 2. The number of hydrogen-bond donors (Lipinski definition) is 2. The SMILES string of the molecule is Cc1sc(NC(=O)Nc2cccc(Cl)c2)nc1-c1ccc2c(c1)OCO2. The molecule has 1 aromatic heterocycles. The van der Waals surface area contributed by atoms with Gasteiger partial charge in [-0.3, -0.25) is 5.32 Å². The van der Waals surface area contributed by atoms with Crippen LogP contribution in [0.15, 0.2) is 42.5 Å². The van der Waals surface area contributed by atoms with E-state index in [-0.39, 0.29) is 12.8 Å². The van der Waals surface area contributed by atoms with Crippen molar-refractivity contribution < 1.29 is 14.3 Å². The first-order valence-corrected chi connectivity index (χ1v) is 8.99. The van der Waals surface area contributed by atoms with Gasteiger partial charge in [0.25, 0.3) is 0 Å². The van der Waals surface area contributed by atoms with Gasteiger partial charge in [0.05, 0.1) is 5.69 Å². The molecule has 0 saturated carbocycles. The molecule has 2 aromatic carbocycles. The van der Waals surface area contributed by atoms with E-state index in [1.54, 1.807) is 24.3 Å². The lowest BCUT2D eigenvalue weighted by Gasteiger charge is -2.05. The molecule has 1 aliphatic rings. The Balaban J connectivity index is 1.50. The third-order valence-electron chi connectivity index (χ3n) is 3.75. The van der Waals surface area contributed by atoms with E-state index in [0.717, 1.165) is 21.9 Å². The number of thiazole rings is 1. The summed E-state index contributed by atoms with van der Waals surface area (Å²) < 4.78 is 10.7. The lowest BCUT2D eigenvalue weighted by atomic mass is 10.1. The average Bonchev–Trinajstić information content (AvgIpc) is 3.20. The summed E-state index contributed by atoms with van der Waals surface area (Å²) in [5.74, 6) is 1.42. The van der Waals surface area contributed by atoms with Gasteiger partial charge in [0.1, 0.15) is 0 Å². The lowest BCUT2D eigenvalue weighted by Crippen LogP contribution is -2.19. The van der Waals surface area contributed by atoms with Crippen molar-refractivity contribution in [2.45, 2.75) is 6.92 Å². The van der Waals surface area contributed by atoms with Crippen molar-refractivity contribution in [2.75, 3.05) is 17.4 Å². The molecule has 0 radical (unpaired) electrons. The normalized spacial score (nSPS) is 12.1. The van der Waals surface area contributed by atoms with Crippen LogP contribution in [0.3, 0.4) is 0 Å². The molecule has 2 N–H and O–H groups in total. The van der Waals surface area contributed by atoms with Crippen LogP contribution in [0.4, 0.5) is 15.6 Å². The van der Waals surface area contributed by atoms with E-state index in [4.69, 9.17) is 21.1 Å². The van der Waals surface area contributed by atoms with Gasteiger partial charge in [-0.15, -0.1) is 11.3 Å². The van der Waals surface area contributed by atoms with Gasteiger partial charge in [-0.25, -0.2) is 9.78 Å². The molecular weight excluding hydrogens is 374 g/mol. The summed E-state index contributed by atoms with van der Waals surface area (Å²) in [6.07, 6.45) is 0. The molecule has 6 nitrogen and oxygen atoms in total. The van der Waals surface area contributed by atoms with Gasteiger partial charge in [0.15, 0.2) is 16.6 Å². The molecule has 3 aromatic rings. The Morgan fingerprint density at radius 2 is 2.00 bits per heavy atom. The van der Waals surface area contributed by atoms with E-state index in [2.05, 4.69) is 15.6 Å². The van der Waals surface area contributed by atoms with Crippen molar-refractivity contribution in [3.8, 4) is 22.8 Å². The van der Waals surface area contributed by atoms with Crippen molar-refractivity contribution in [3.63, 3.8) is 0 Å². The number of anilines is 2. The first kappa shape index (κ1) is 16.7. The molecule has 2 amide bonds. The molecule has 132 valence electrons. The number of amides is 2. The third-order valence-corrected chi connectivity index (χ3v) is 4.87. The fourth-order valence-corrected chi connectivity index (χ4v) is 3.61. The lowest BCUT2D eigenvalue weighted by molar-refractivity contribution is 0.174. The maximum atomic E-state index is 12.2. The predicted molar refractivity (Wildman–Crippen MR) is 103 cm³/mol. The van der Waals surface area contributed by atoms with Crippen molar-refractivity contribution in [3.05, 3.63) is 52.4 Å². The van der Waals surface area contributed by atoms with Crippen LogP contribution in [0.2, 0.25) is 5.02 Å². The second kappa shape index (κ2) is 6.86. The summed E-state index contributed by atoms with van der Waals surface area (Å²) in [5, 5.41) is 6.54. The van der Waals surface area contributed by atoms with E-state index in [9.17, 15) is 4.79 Å². The molecule has 0 unspecified atom stereocenters. The highest BCUT2D eigenvalue weighted by Crippen LogP contribution is 2.38. The number of benzene rings is 2. The number of aryl methyl sites for hydroxylation is 1. The van der Waals surface area contributed by atoms with Gasteiger partial charge >= 0.3 is 6.03 Å². The van der Waals surface area contributed by atoms with Crippen molar-refractivity contribution in [2.24, 2.45) is 0 Å². The number of urea groups is 1. The summed E-state index contributed by atoms with van der Waals surface area (Å²) in [7, 11) is 0. The van der Waals surface area contributed by atoms with Gasteiger partial charge in [-0.1, -0.05) is 17.7 Å². The minimum atomic E-state index is -0.377. The van der Waals surface area contributed by atoms with Crippen molar-refractivity contribution in [1.29, 1.82) is 0 Å². The average molecular weight is 388 g/mol. The largest absolute Gasteiger partial charge is 0.454 e. The van der Waals surface area contributed by atoms with Gasteiger partial charge in [-0.05, 0) is 43.3 Å². The van der Waals surface area contributed by atoms with E-state index in [1.807, 2.05) is 25.1 Å². The minimum Gasteiger partial charge on any atom is -0.454 e. The van der Waals surface area contributed by atoms with Crippen LogP contribution < -0.4 is 20.1 Å². The Bertz CT molecular complexity index is 990. The number of ether oxygens (including phenoxy) is 2. The van der Waals surface area contributed by atoms with Crippen LogP contribution in [0.25, 0.3) is 11.3 Å². The molecule has 1 aliphatic heterocycles. The van der Waals surface area contributed by atoms with Gasteiger partial charge in [-0.2, -0.15) is 0 Å². The quantitative estimate of drug-likeness (QED) is 0.652. The Kier molecular flexibility index (Phi) is 4.40. The third kappa shape index (κ3) is 3.44. The van der Waals surface area contributed by atoms with Crippen LogP contribution in [-0.2, 0) is 0 Å². The topological polar surface area (TPSA) is 72.5 Å². The fraction of sp³-hybridized carbons (Fsp3) is 0.111. The number of halogens is 1. The van der Waals surface area contributed by atoms with Gasteiger partial charge < -0.3 is 14.8 Å². The molecule has 0 atom stereocenters. The summed E-state index contributed by atoms with van der Waals surface area (Å²) in [5.41, 5.74) is 2.32. The van der Waals surface area contributed by atoms with Crippen LogP contribution in [-0.4, -0.2) is 17.8 Å². The summed E-state index contributed by atoms with van der Waals surface area (Å²) >= 11 is 7.32. The molecule has 8 heteroatoms. The molecule has 0 spiro atoms. The minimum absolute atomic E-state index is 0.227. The van der Waals surface area contributed by atoms with Crippen LogP contribution in [0.5, 0.6) is 11.5 Å². The summed E-state index contributed by atoms with van der Waals surface area (Å²) in [4.78, 5) is 17.7. The van der Waals surface area contributed by atoms with Crippen LogP contribution >= 0.6 is 22.9 Å². The zero-order valence-corrected chi connectivity index (χ0v) is 15.3. The smallest absolute Gasteiger partial charge is 0.325 e. The van der Waals surface area contributed by atoms with E-state index in [1.165, 1.54) is 11.3 Å². The van der Waals surface area contributed by atoms with Crippen LogP contribution in [0, 0.1) is 6.92 Å². The zero-order chi connectivity index (χ0) is 18.1. The molecule has 0 aliphatic carbocycles. The maximum Gasteiger partial charge on any atom is 0.325 e. The number of fused-ring (bicyclic) bond motifs is 1. The number of hydrogen-bond acceptors (Lipinski definition) is 5. The highest BCUT2D eigenvalue weighted by atomic mass is 35.5.